The van der Waals surface area contributed by atoms with Crippen molar-refractivity contribution < 1.29 is 36.7 Å². The first kappa shape index (κ1) is 50.4. The topological polar surface area (TPSA) is 170 Å². The third-order valence-corrected chi connectivity index (χ3v) is 10.4. The second kappa shape index (κ2) is 22.8. The van der Waals surface area contributed by atoms with Crippen LogP contribution in [-0.2, 0) is 38.6 Å². The van der Waals surface area contributed by atoms with Crippen LogP contribution in [-0.4, -0.2) is 59.5 Å². The van der Waals surface area contributed by atoms with Crippen molar-refractivity contribution in [3.05, 3.63) is 133 Å². The third-order valence-electron chi connectivity index (χ3n) is 8.36. The molecule has 17 heteroatoms. The number of hydrogen-bond donors (Lipinski definition) is 1. The summed E-state index contributed by atoms with van der Waals surface area (Å²) in [6.45, 7) is 14.5. The average Bonchev–Trinajstić information content (AvgIpc) is 3.19. The van der Waals surface area contributed by atoms with E-state index in [0.29, 0.717) is 31.8 Å². The van der Waals surface area contributed by atoms with E-state index in [-0.39, 0.29) is 65.9 Å². The molecule has 0 radical (unpaired) electrons. The number of aliphatic hydroxyl groups excluding tert-OH is 1. The van der Waals surface area contributed by atoms with Gasteiger partial charge >= 0.3 is 0 Å². The van der Waals surface area contributed by atoms with Crippen LogP contribution in [0.5, 0.6) is 23.0 Å². The molecule has 2 aromatic heterocycles. The summed E-state index contributed by atoms with van der Waals surface area (Å²) in [7, 11) is -3.78. The Morgan fingerprint density at radius 1 is 0.623 bits per heavy atom. The second-order valence-corrected chi connectivity index (χ2v) is 17.9. The Labute approximate surface area is 368 Å². The van der Waals surface area contributed by atoms with Crippen molar-refractivity contribution in [3.8, 4) is 23.0 Å². The molecule has 3 aromatic carbocycles. The van der Waals surface area contributed by atoms with Crippen LogP contribution >= 0.6 is 23.2 Å². The highest BCUT2D eigenvalue weighted by atomic mass is 35.5. The Morgan fingerprint density at radius 3 is 1.43 bits per heavy atom. The van der Waals surface area contributed by atoms with Gasteiger partial charge in [-0.05, 0) is 96.0 Å². The van der Waals surface area contributed by atoms with Crippen LogP contribution in [0, 0.1) is 6.92 Å². The van der Waals surface area contributed by atoms with E-state index in [1.807, 2.05) is 84.9 Å². The lowest BCUT2D eigenvalue weighted by molar-refractivity contribution is 0.233. The van der Waals surface area contributed by atoms with Crippen molar-refractivity contribution in [1.29, 1.82) is 0 Å². The van der Waals surface area contributed by atoms with Crippen molar-refractivity contribution in [1.82, 2.24) is 19.6 Å². The Balaban J connectivity index is 0.000000338. The number of aliphatic hydroxyl groups is 1. The lowest BCUT2D eigenvalue weighted by Crippen LogP contribution is -2.36. The monoisotopic (exact) mass is 902 g/mol. The minimum atomic E-state index is -3.78. The Morgan fingerprint density at radius 2 is 1.03 bits per heavy atom. The molecule has 1 N–H and O–H groups in total. The van der Waals surface area contributed by atoms with Gasteiger partial charge in [0.1, 0.15) is 24.7 Å². The van der Waals surface area contributed by atoms with Gasteiger partial charge in [0.15, 0.2) is 21.5 Å². The summed E-state index contributed by atoms with van der Waals surface area (Å²) in [6.07, 6.45) is 3.90. The number of hydrogen-bond acceptors (Lipinski definition) is 12. The molecule has 5 aromatic rings. The van der Waals surface area contributed by atoms with E-state index in [9.17, 15) is 18.0 Å². The van der Waals surface area contributed by atoms with Crippen molar-refractivity contribution in [2.75, 3.05) is 26.4 Å². The molecular formula is C44H56Cl2N4O10S. The first-order valence-electron chi connectivity index (χ1n) is 19.1. The molecule has 0 atom stereocenters. The van der Waals surface area contributed by atoms with Crippen molar-refractivity contribution in [2.24, 2.45) is 0 Å². The fourth-order valence-corrected chi connectivity index (χ4v) is 6.43. The predicted octanol–water partition coefficient (Wildman–Crippen LogP) is 8.34. The van der Waals surface area contributed by atoms with E-state index in [1.165, 1.54) is 33.9 Å². The normalized spacial score (nSPS) is 11.5. The first-order valence-corrected chi connectivity index (χ1v) is 21.3. The molecule has 61 heavy (non-hydrogen) atoms. The Kier molecular flexibility index (Phi) is 18.8. The molecule has 0 bridgehead atoms. The number of aryl methyl sites for hydroxylation is 1. The molecule has 2 heterocycles. The van der Waals surface area contributed by atoms with Crippen LogP contribution in [0.15, 0.2) is 99.7 Å². The zero-order valence-corrected chi connectivity index (χ0v) is 37.1. The largest absolute Gasteiger partial charge is 0.494 e. The summed E-state index contributed by atoms with van der Waals surface area (Å²) >= 11 is 12.3. The molecule has 0 amide bonds. The molecule has 0 aliphatic heterocycles. The number of benzene rings is 3. The standard InChI is InChI=1S/C25H29ClN2O6S.C18H23ClN2O4.CH4/c1-18-6-12-21(13-7-18)35(30,31)34-15-5-14-32-20-10-8-19(9-11-20)17-33-22-16-27-28(25(2,3)4)24(29)23(22)26;1-18(2,3)21-17(23)16(19)15(11-20-21)25-12-13-5-7-14(8-6-13)24-10-4-9-22;/h6-13,16H,5,14-15,17H2,1-4H3;5-8,11,22H,4,9-10,12H2,1-3H3;1H4. The molecule has 14 nitrogen and oxygen atoms in total. The zero-order chi connectivity index (χ0) is 44.1. The number of aromatic nitrogens is 4. The van der Waals surface area contributed by atoms with Gasteiger partial charge in [-0.2, -0.15) is 18.6 Å². The highest BCUT2D eigenvalue weighted by Crippen LogP contribution is 2.24. The molecule has 332 valence electrons. The highest BCUT2D eigenvalue weighted by molar-refractivity contribution is 7.86. The zero-order valence-electron chi connectivity index (χ0n) is 34.8. The van der Waals surface area contributed by atoms with Crippen LogP contribution in [0.25, 0.3) is 0 Å². The molecule has 0 unspecified atom stereocenters. The van der Waals surface area contributed by atoms with E-state index in [0.717, 1.165) is 22.4 Å². The minimum absolute atomic E-state index is 0. The molecule has 0 saturated heterocycles. The van der Waals surface area contributed by atoms with Crippen molar-refractivity contribution in [2.45, 2.75) is 97.9 Å². The van der Waals surface area contributed by atoms with Crippen molar-refractivity contribution >= 4 is 33.3 Å². The van der Waals surface area contributed by atoms with E-state index in [1.54, 1.807) is 24.3 Å². The summed E-state index contributed by atoms with van der Waals surface area (Å²) in [5, 5.41) is 17.0. The van der Waals surface area contributed by atoms with Crippen LogP contribution in [0.1, 0.15) is 78.5 Å². The Bertz CT molecular complexity index is 2380. The summed E-state index contributed by atoms with van der Waals surface area (Å²) in [5.41, 5.74) is 1.00. The van der Waals surface area contributed by atoms with E-state index >= 15 is 0 Å². The van der Waals surface area contributed by atoms with E-state index in [4.69, 9.17) is 51.4 Å². The summed E-state index contributed by atoms with van der Waals surface area (Å²) in [6, 6.07) is 21.1. The first-order chi connectivity index (χ1) is 28.3. The summed E-state index contributed by atoms with van der Waals surface area (Å²) in [4.78, 5) is 24.8. The molecule has 0 saturated carbocycles. The quantitative estimate of drug-likeness (QED) is 0.0700. The second-order valence-electron chi connectivity index (χ2n) is 15.5. The van der Waals surface area contributed by atoms with Gasteiger partial charge in [-0.3, -0.25) is 13.8 Å². The number of halogens is 2. The predicted molar refractivity (Wildman–Crippen MR) is 237 cm³/mol. The SMILES string of the molecule is C.CC(C)(C)n1ncc(OCc2ccc(OCCCO)cc2)c(Cl)c1=O.Cc1ccc(S(=O)(=O)OCCCOc2ccc(COc3cnn(C(C)(C)C)c(=O)c3Cl)cc2)cc1. The summed E-state index contributed by atoms with van der Waals surface area (Å²) < 4.78 is 54.5. The molecule has 0 fully saturated rings. The van der Waals surface area contributed by atoms with Gasteiger partial charge in [0, 0.05) is 19.4 Å². The maximum Gasteiger partial charge on any atom is 0.296 e. The average molecular weight is 904 g/mol. The van der Waals surface area contributed by atoms with Gasteiger partial charge in [0.2, 0.25) is 0 Å². The maximum absolute atomic E-state index is 12.4. The number of rotatable bonds is 17. The number of nitrogens with zero attached hydrogens (tertiary/aromatic N) is 4. The molecule has 0 spiro atoms. The molecule has 5 rings (SSSR count). The summed E-state index contributed by atoms with van der Waals surface area (Å²) in [5.74, 6) is 1.83. The van der Waals surface area contributed by atoms with E-state index in [2.05, 4.69) is 10.2 Å². The van der Waals surface area contributed by atoms with Gasteiger partial charge in [-0.15, -0.1) is 0 Å². The molecular weight excluding hydrogens is 847 g/mol. The maximum atomic E-state index is 12.4. The van der Waals surface area contributed by atoms with Crippen LogP contribution in [0.4, 0.5) is 0 Å². The lowest BCUT2D eigenvalue weighted by atomic mass is 10.1. The van der Waals surface area contributed by atoms with Crippen LogP contribution < -0.4 is 30.1 Å². The van der Waals surface area contributed by atoms with Gasteiger partial charge in [-0.25, -0.2) is 9.36 Å². The van der Waals surface area contributed by atoms with Crippen LogP contribution in [0.3, 0.4) is 0 Å². The van der Waals surface area contributed by atoms with Gasteiger partial charge in [0.25, 0.3) is 21.2 Å². The van der Waals surface area contributed by atoms with Gasteiger partial charge < -0.3 is 24.1 Å². The number of ether oxygens (including phenoxy) is 4. The van der Waals surface area contributed by atoms with Crippen molar-refractivity contribution in [3.63, 3.8) is 0 Å². The van der Waals surface area contributed by atoms with Gasteiger partial charge in [0.05, 0.1) is 48.2 Å². The fraction of sp³-hybridized carbons (Fsp3) is 0.409. The van der Waals surface area contributed by atoms with Gasteiger partial charge in [-0.1, -0.05) is 72.6 Å². The minimum Gasteiger partial charge on any atom is -0.494 e. The molecule has 0 aliphatic rings. The van der Waals surface area contributed by atoms with Crippen LogP contribution in [0.2, 0.25) is 10.0 Å². The highest BCUT2D eigenvalue weighted by Gasteiger charge is 2.21. The smallest absolute Gasteiger partial charge is 0.296 e. The fourth-order valence-electron chi connectivity index (χ4n) is 5.12. The lowest BCUT2D eigenvalue weighted by Gasteiger charge is -2.21. The molecule has 0 aliphatic carbocycles. The van der Waals surface area contributed by atoms with E-state index < -0.39 is 26.8 Å². The third kappa shape index (κ3) is 15.2. The Hall–Kier alpha value is -4.93.